The number of benzene rings is 1. The highest BCUT2D eigenvalue weighted by atomic mass is 35.5. The molecule has 1 saturated carbocycles. The second kappa shape index (κ2) is 9.24. The van der Waals surface area contributed by atoms with E-state index >= 15 is 0 Å². The molecule has 7 heteroatoms. The number of rotatable bonds is 5. The summed E-state index contributed by atoms with van der Waals surface area (Å²) in [6.45, 7) is 1.93. The first-order valence-electron chi connectivity index (χ1n) is 9.29. The third kappa shape index (κ3) is 4.89. The number of primary amides is 1. The first-order chi connectivity index (χ1) is 12.0. The molecule has 1 aromatic carbocycles. The molecule has 1 aromatic rings. The molecule has 1 heterocycles. The molecule has 0 aromatic heterocycles. The molecule has 2 atom stereocenters. The number of piperidine rings is 1. The van der Waals surface area contributed by atoms with E-state index in [2.05, 4.69) is 10.2 Å². The maximum Gasteiger partial charge on any atom is 0.248 e. The van der Waals surface area contributed by atoms with Gasteiger partial charge in [0, 0.05) is 31.1 Å². The quantitative estimate of drug-likeness (QED) is 0.730. The molecule has 2 fully saturated rings. The molecule has 0 unspecified atom stereocenters. The molecule has 0 spiro atoms. The summed E-state index contributed by atoms with van der Waals surface area (Å²) in [6, 6.07) is 5.43. The smallest absolute Gasteiger partial charge is 0.248 e. The molecule has 1 aliphatic carbocycles. The lowest BCUT2D eigenvalue weighted by Gasteiger charge is -2.31. The molecule has 6 nitrogen and oxygen atoms in total. The van der Waals surface area contributed by atoms with Crippen LogP contribution in [0.15, 0.2) is 18.2 Å². The molecule has 144 valence electrons. The van der Waals surface area contributed by atoms with Gasteiger partial charge in [0.25, 0.3) is 0 Å². The Morgan fingerprint density at radius 1 is 1.12 bits per heavy atom. The van der Waals surface area contributed by atoms with Gasteiger partial charge in [-0.2, -0.15) is 0 Å². The summed E-state index contributed by atoms with van der Waals surface area (Å²) in [4.78, 5) is 26.3. The second-order valence-electron chi connectivity index (χ2n) is 7.25. The molecular formula is C19H29ClN4O2. The van der Waals surface area contributed by atoms with Crippen molar-refractivity contribution >= 4 is 35.6 Å². The zero-order chi connectivity index (χ0) is 17.8. The zero-order valence-electron chi connectivity index (χ0n) is 15.1. The fourth-order valence-corrected chi connectivity index (χ4v) is 3.96. The highest BCUT2D eigenvalue weighted by Crippen LogP contribution is 2.31. The van der Waals surface area contributed by atoms with E-state index in [4.69, 9.17) is 11.5 Å². The first-order valence-corrected chi connectivity index (χ1v) is 9.29. The molecule has 2 amide bonds. The van der Waals surface area contributed by atoms with Crippen molar-refractivity contribution in [3.63, 3.8) is 0 Å². The van der Waals surface area contributed by atoms with Crippen LogP contribution in [0.1, 0.15) is 55.3 Å². The van der Waals surface area contributed by atoms with Crippen LogP contribution in [0.2, 0.25) is 0 Å². The Labute approximate surface area is 161 Å². The minimum absolute atomic E-state index is 0. The first kappa shape index (κ1) is 20.5. The Balaban J connectivity index is 0.00000243. The van der Waals surface area contributed by atoms with E-state index in [-0.39, 0.29) is 30.3 Å². The number of amides is 2. The monoisotopic (exact) mass is 380 g/mol. The number of hydrogen-bond acceptors (Lipinski definition) is 4. The summed E-state index contributed by atoms with van der Waals surface area (Å²) < 4.78 is 0. The van der Waals surface area contributed by atoms with E-state index in [0.717, 1.165) is 50.9 Å². The Kier molecular flexibility index (Phi) is 7.29. The van der Waals surface area contributed by atoms with Gasteiger partial charge in [-0.3, -0.25) is 9.59 Å². The van der Waals surface area contributed by atoms with Crippen molar-refractivity contribution in [2.45, 2.75) is 51.0 Å². The third-order valence-corrected chi connectivity index (χ3v) is 5.42. The number of nitrogens with zero attached hydrogens (tertiary/aromatic N) is 1. The van der Waals surface area contributed by atoms with E-state index in [1.807, 2.05) is 6.07 Å². The average molecular weight is 381 g/mol. The summed E-state index contributed by atoms with van der Waals surface area (Å²) in [5.74, 6) is -0.279. The second-order valence-corrected chi connectivity index (χ2v) is 7.25. The summed E-state index contributed by atoms with van der Waals surface area (Å²) in [7, 11) is 0. The van der Waals surface area contributed by atoms with Gasteiger partial charge in [-0.15, -0.1) is 12.4 Å². The van der Waals surface area contributed by atoms with Gasteiger partial charge in [0.15, 0.2) is 0 Å². The van der Waals surface area contributed by atoms with Gasteiger partial charge in [-0.1, -0.05) is 6.42 Å². The predicted molar refractivity (Wildman–Crippen MR) is 107 cm³/mol. The molecule has 1 saturated heterocycles. The van der Waals surface area contributed by atoms with Crippen LogP contribution in [0, 0.1) is 5.92 Å². The summed E-state index contributed by atoms with van der Waals surface area (Å²) in [6.07, 6.45) is 7.04. The van der Waals surface area contributed by atoms with Crippen LogP contribution in [0.5, 0.6) is 0 Å². The zero-order valence-corrected chi connectivity index (χ0v) is 15.9. The fourth-order valence-electron chi connectivity index (χ4n) is 3.96. The van der Waals surface area contributed by atoms with Crippen molar-refractivity contribution in [3.05, 3.63) is 23.8 Å². The maximum atomic E-state index is 12.5. The number of hydrogen-bond donors (Lipinski definition) is 3. The Morgan fingerprint density at radius 2 is 1.85 bits per heavy atom. The van der Waals surface area contributed by atoms with E-state index < -0.39 is 5.91 Å². The predicted octanol–water partition coefficient (Wildman–Crippen LogP) is 2.65. The largest absolute Gasteiger partial charge is 0.370 e. The van der Waals surface area contributed by atoms with Crippen molar-refractivity contribution in [2.24, 2.45) is 17.4 Å². The molecular weight excluding hydrogens is 352 g/mol. The van der Waals surface area contributed by atoms with Crippen molar-refractivity contribution in [2.75, 3.05) is 23.3 Å². The van der Waals surface area contributed by atoms with Gasteiger partial charge in [0.1, 0.15) is 0 Å². The number of halogens is 1. The van der Waals surface area contributed by atoms with Crippen LogP contribution in [0.25, 0.3) is 0 Å². The third-order valence-electron chi connectivity index (χ3n) is 5.42. The molecule has 1 aliphatic heterocycles. The van der Waals surface area contributed by atoms with Gasteiger partial charge < -0.3 is 21.7 Å². The maximum absolute atomic E-state index is 12.5. The van der Waals surface area contributed by atoms with Crippen LogP contribution in [-0.2, 0) is 4.79 Å². The number of carbonyl (C=O) groups is 2. The average Bonchev–Trinajstić information content (AvgIpc) is 3.00. The van der Waals surface area contributed by atoms with E-state index in [1.165, 1.54) is 6.42 Å². The van der Waals surface area contributed by atoms with Crippen molar-refractivity contribution in [1.82, 2.24) is 0 Å². The van der Waals surface area contributed by atoms with Gasteiger partial charge in [-0.25, -0.2) is 0 Å². The van der Waals surface area contributed by atoms with Crippen molar-refractivity contribution in [3.8, 4) is 0 Å². The molecule has 3 rings (SSSR count). The van der Waals surface area contributed by atoms with E-state index in [9.17, 15) is 9.59 Å². The van der Waals surface area contributed by atoms with Crippen LogP contribution in [-0.4, -0.2) is 30.9 Å². The van der Waals surface area contributed by atoms with Crippen molar-refractivity contribution in [1.29, 1.82) is 0 Å². The minimum Gasteiger partial charge on any atom is -0.370 e. The van der Waals surface area contributed by atoms with E-state index in [0.29, 0.717) is 17.7 Å². The molecule has 2 aliphatic rings. The summed E-state index contributed by atoms with van der Waals surface area (Å²) in [5.41, 5.74) is 13.5. The van der Waals surface area contributed by atoms with Crippen molar-refractivity contribution < 1.29 is 9.59 Å². The van der Waals surface area contributed by atoms with Crippen LogP contribution < -0.4 is 21.7 Å². The number of anilines is 2. The lowest BCUT2D eigenvalue weighted by atomic mass is 9.99. The standard InChI is InChI=1S/C19H28N4O2.ClH/c20-15-6-4-5-13(15)12-18(24)22-16-11-14(19(21)25)7-8-17(16)23-9-2-1-3-10-23;/h7-8,11,13,15H,1-6,9-10,12,20H2,(H2,21,25)(H,22,24);1H/t13-,15+;/m0./s1. The highest BCUT2D eigenvalue weighted by molar-refractivity contribution is 5.99. The topological polar surface area (TPSA) is 101 Å². The lowest BCUT2D eigenvalue weighted by Crippen LogP contribution is -2.31. The van der Waals surface area contributed by atoms with Gasteiger partial charge >= 0.3 is 0 Å². The van der Waals surface area contributed by atoms with Crippen LogP contribution in [0.3, 0.4) is 0 Å². The number of nitrogens with one attached hydrogen (secondary N) is 1. The SMILES string of the molecule is Cl.NC(=O)c1ccc(N2CCCCC2)c(NC(=O)C[C@@H]2CCC[C@H]2N)c1. The summed E-state index contributed by atoms with van der Waals surface area (Å²) in [5, 5.41) is 3.01. The normalized spacial score (nSPS) is 22.6. The van der Waals surface area contributed by atoms with Gasteiger partial charge in [0.2, 0.25) is 11.8 Å². The van der Waals surface area contributed by atoms with E-state index in [1.54, 1.807) is 12.1 Å². The Hall–Kier alpha value is -1.79. The Morgan fingerprint density at radius 3 is 2.46 bits per heavy atom. The Bertz CT molecular complexity index is 646. The van der Waals surface area contributed by atoms with Crippen LogP contribution in [0.4, 0.5) is 11.4 Å². The molecule has 0 radical (unpaired) electrons. The molecule has 26 heavy (non-hydrogen) atoms. The summed E-state index contributed by atoms with van der Waals surface area (Å²) >= 11 is 0. The fraction of sp³-hybridized carbons (Fsp3) is 0.579. The number of carbonyl (C=O) groups excluding carboxylic acids is 2. The molecule has 0 bridgehead atoms. The minimum atomic E-state index is -0.487. The van der Waals surface area contributed by atoms with Gasteiger partial charge in [0.05, 0.1) is 11.4 Å². The highest BCUT2D eigenvalue weighted by Gasteiger charge is 2.26. The van der Waals surface area contributed by atoms with Crippen LogP contribution >= 0.6 is 12.4 Å². The van der Waals surface area contributed by atoms with Gasteiger partial charge in [-0.05, 0) is 56.2 Å². The number of nitrogens with two attached hydrogens (primary N) is 2. The lowest BCUT2D eigenvalue weighted by molar-refractivity contribution is -0.117. The molecule has 5 N–H and O–H groups in total.